The van der Waals surface area contributed by atoms with Gasteiger partial charge in [-0.1, -0.05) is 372 Å². The van der Waals surface area contributed by atoms with E-state index in [4.69, 9.17) is 0 Å². The first-order chi connectivity index (χ1) is 47.7. The van der Waals surface area contributed by atoms with E-state index in [1.165, 1.54) is 155 Å². The summed E-state index contributed by atoms with van der Waals surface area (Å²) in [6.07, 6.45) is 0. The molecule has 0 unspecified atom stereocenters. The third kappa shape index (κ3) is 7.73. The van der Waals surface area contributed by atoms with Crippen LogP contribution in [-0.4, -0.2) is 26.9 Å². The van der Waals surface area contributed by atoms with Crippen LogP contribution in [0.3, 0.4) is 0 Å². The SMILES string of the molecule is CC1(C)c2ccccc2N(c2ccc3c(c2)-c2c(ccc4c2B(c2ccccc2)c2ccccc2B4c2ccccc2)C32c3ccc(N4c5ccccc5C(C)(C)c5ccccc54)cc3-c3c2ccc2c3B(c3ccccc3)c3ccccc3B2c2ccccc2)c2ccccc21. The van der Waals surface area contributed by atoms with Gasteiger partial charge in [0, 0.05) is 22.2 Å². The topological polar surface area (TPSA) is 6.48 Å². The molecule has 4 aliphatic heterocycles. The molecule has 2 aliphatic carbocycles. The smallest absolute Gasteiger partial charge is 0.240 e. The fourth-order valence-electron chi connectivity index (χ4n) is 19.5. The third-order valence-corrected chi connectivity index (χ3v) is 23.5. The average molecular weight is 1230 g/mol. The summed E-state index contributed by atoms with van der Waals surface area (Å²) in [4.78, 5) is 5.15. The van der Waals surface area contributed by atoms with Crippen LogP contribution in [0.5, 0.6) is 0 Å². The molecule has 6 aliphatic rings. The van der Waals surface area contributed by atoms with Crippen molar-refractivity contribution in [2.24, 2.45) is 0 Å². The van der Waals surface area contributed by atoms with Crippen molar-refractivity contribution < 1.29 is 0 Å². The number of para-hydroxylation sites is 4. The second-order valence-corrected chi connectivity index (χ2v) is 28.8. The Hall–Kier alpha value is -11.1. The number of rotatable bonds is 6. The molecule has 1 spiro atoms. The van der Waals surface area contributed by atoms with Gasteiger partial charge in [-0.15, -0.1) is 0 Å². The van der Waals surface area contributed by atoms with Gasteiger partial charge in [-0.25, -0.2) is 0 Å². The van der Waals surface area contributed by atoms with Crippen molar-refractivity contribution >= 4 is 127 Å². The van der Waals surface area contributed by atoms with Gasteiger partial charge in [0.25, 0.3) is 0 Å². The van der Waals surface area contributed by atoms with Gasteiger partial charge < -0.3 is 9.80 Å². The van der Waals surface area contributed by atoms with Crippen LogP contribution in [0.15, 0.2) is 328 Å². The van der Waals surface area contributed by atoms with E-state index in [9.17, 15) is 0 Å². The van der Waals surface area contributed by atoms with Crippen molar-refractivity contribution in [3.8, 4) is 22.3 Å². The first-order valence-corrected chi connectivity index (χ1v) is 34.7. The molecule has 4 heterocycles. The van der Waals surface area contributed by atoms with E-state index < -0.39 is 5.41 Å². The Labute approximate surface area is 571 Å². The van der Waals surface area contributed by atoms with Gasteiger partial charge in [-0.2, -0.15) is 0 Å². The molecule has 0 saturated heterocycles. The predicted molar refractivity (Wildman–Crippen MR) is 414 cm³/mol. The van der Waals surface area contributed by atoms with Gasteiger partial charge in [-0.05, 0) is 115 Å². The number of nitrogens with zero attached hydrogens (tertiary/aromatic N) is 2. The van der Waals surface area contributed by atoms with Gasteiger partial charge in [0.05, 0.1) is 28.2 Å². The Morgan fingerprint density at radius 2 is 0.495 bits per heavy atom. The van der Waals surface area contributed by atoms with Gasteiger partial charge in [0.2, 0.25) is 26.9 Å². The van der Waals surface area contributed by atoms with Crippen LogP contribution in [-0.2, 0) is 16.2 Å². The zero-order chi connectivity index (χ0) is 64.5. The minimum Gasteiger partial charge on any atom is -0.310 e. The molecule has 6 heteroatoms. The van der Waals surface area contributed by atoms with Crippen molar-refractivity contribution in [1.82, 2.24) is 0 Å². The molecule has 0 radical (unpaired) electrons. The molecule has 20 rings (SSSR count). The van der Waals surface area contributed by atoms with Crippen LogP contribution in [0.4, 0.5) is 34.1 Å². The zero-order valence-electron chi connectivity index (χ0n) is 54.9. The van der Waals surface area contributed by atoms with Crippen LogP contribution in [0.2, 0.25) is 0 Å². The Balaban J connectivity index is 0.951. The monoisotopic (exact) mass is 1230 g/mol. The molecule has 0 atom stereocenters. The van der Waals surface area contributed by atoms with E-state index >= 15 is 0 Å². The number of fused-ring (bicyclic) bond motifs is 20. The van der Waals surface area contributed by atoms with Crippen LogP contribution in [0, 0.1) is 0 Å². The predicted octanol–water partition coefficient (Wildman–Crippen LogP) is 12.9. The summed E-state index contributed by atoms with van der Waals surface area (Å²) in [6, 6.07) is 127. The Kier molecular flexibility index (Phi) is 12.2. The van der Waals surface area contributed by atoms with Crippen LogP contribution >= 0.6 is 0 Å². The summed E-state index contributed by atoms with van der Waals surface area (Å²) in [5.41, 5.74) is 37.9. The first-order valence-electron chi connectivity index (χ1n) is 34.7. The number of hydrogen-bond acceptors (Lipinski definition) is 2. The highest BCUT2D eigenvalue weighted by Crippen LogP contribution is 2.64. The second-order valence-electron chi connectivity index (χ2n) is 28.8. The highest BCUT2D eigenvalue weighted by Gasteiger charge is 2.57. The molecule has 452 valence electrons. The van der Waals surface area contributed by atoms with Crippen molar-refractivity contribution in [3.05, 3.63) is 372 Å². The molecule has 0 bridgehead atoms. The molecular formula is C91H66B4N2. The summed E-state index contributed by atoms with van der Waals surface area (Å²) < 4.78 is 0. The maximum Gasteiger partial charge on any atom is 0.240 e. The zero-order valence-corrected chi connectivity index (χ0v) is 54.9. The lowest BCUT2D eigenvalue weighted by Crippen LogP contribution is -2.75. The number of anilines is 6. The minimum atomic E-state index is -0.781. The minimum absolute atomic E-state index is 0.0106. The van der Waals surface area contributed by atoms with Gasteiger partial charge in [0.15, 0.2) is 0 Å². The van der Waals surface area contributed by atoms with Gasteiger partial charge >= 0.3 is 0 Å². The Morgan fingerprint density at radius 3 is 0.825 bits per heavy atom. The highest BCUT2D eigenvalue weighted by atomic mass is 15.2. The summed E-state index contributed by atoms with van der Waals surface area (Å²) in [5.74, 6) is 0. The van der Waals surface area contributed by atoms with Crippen LogP contribution < -0.4 is 75.4 Å². The third-order valence-electron chi connectivity index (χ3n) is 23.5. The summed E-state index contributed by atoms with van der Waals surface area (Å²) in [5, 5.41) is 0. The summed E-state index contributed by atoms with van der Waals surface area (Å²) in [6.45, 7) is 9.41. The van der Waals surface area contributed by atoms with E-state index in [0.717, 1.165) is 11.4 Å². The fourth-order valence-corrected chi connectivity index (χ4v) is 19.5. The number of hydrogen-bond donors (Lipinski definition) is 0. The highest BCUT2D eigenvalue weighted by molar-refractivity contribution is 7.12. The summed E-state index contributed by atoms with van der Waals surface area (Å²) >= 11 is 0. The Bertz CT molecular complexity index is 5140. The normalized spacial score (nSPS) is 15.3. The van der Waals surface area contributed by atoms with Crippen molar-refractivity contribution in [2.75, 3.05) is 9.80 Å². The molecular weight excluding hydrogens is 1160 g/mol. The van der Waals surface area contributed by atoms with E-state index in [2.05, 4.69) is 365 Å². The molecule has 14 aromatic carbocycles. The molecule has 0 saturated carbocycles. The first kappa shape index (κ1) is 56.3. The van der Waals surface area contributed by atoms with E-state index in [0.29, 0.717) is 0 Å². The second kappa shape index (κ2) is 21.0. The lowest BCUT2D eigenvalue weighted by molar-refractivity contribution is 0.632. The van der Waals surface area contributed by atoms with E-state index in [1.54, 1.807) is 0 Å². The average Bonchev–Trinajstić information content (AvgIpc) is 1.49. The fraction of sp³-hybridized carbons (Fsp3) is 0.0769. The van der Waals surface area contributed by atoms with Crippen molar-refractivity contribution in [3.63, 3.8) is 0 Å². The number of benzene rings is 14. The maximum atomic E-state index is 2.62. The molecule has 2 nitrogen and oxygen atoms in total. The molecule has 97 heavy (non-hydrogen) atoms. The van der Waals surface area contributed by atoms with Crippen molar-refractivity contribution in [2.45, 2.75) is 43.9 Å². The van der Waals surface area contributed by atoms with E-state index in [-0.39, 0.29) is 37.7 Å². The van der Waals surface area contributed by atoms with Crippen LogP contribution in [0.1, 0.15) is 72.2 Å². The molecule has 0 N–H and O–H groups in total. The largest absolute Gasteiger partial charge is 0.310 e. The molecule has 0 fully saturated rings. The van der Waals surface area contributed by atoms with Gasteiger partial charge in [-0.3, -0.25) is 0 Å². The van der Waals surface area contributed by atoms with Crippen LogP contribution in [0.25, 0.3) is 22.3 Å². The standard InChI is InChI=1S/C91H66B4N2/c1-89(2)69-37-17-25-45-81(69)96(82-46-26-18-38-70(82)89)63-49-51-67-65(57-63)85-73(53-55-79-87(85)94(61-33-13-7-14-34-61)77-43-23-21-41-75(77)92(79)59-29-9-5-10-30-59)91(67)68-52-50-64(97-83-47-27-19-39-71(83)90(3,4)72-40-20-28-48-84(72)97)58-66(68)86-74(91)54-56-80-88(86)95(62-35-15-8-16-36-62)78-44-24-22-42-76(78)93(80)60-31-11-6-12-32-60/h5-58H,1-4H3. The maximum absolute atomic E-state index is 2.62. The lowest BCUT2D eigenvalue weighted by atomic mass is 9.20. The quantitative estimate of drug-likeness (QED) is 0.153. The summed E-state index contributed by atoms with van der Waals surface area (Å²) in [7, 11) is 0. The van der Waals surface area contributed by atoms with Crippen molar-refractivity contribution in [1.29, 1.82) is 0 Å². The molecule has 0 aromatic heterocycles. The van der Waals surface area contributed by atoms with Gasteiger partial charge in [0.1, 0.15) is 0 Å². The van der Waals surface area contributed by atoms with E-state index in [1.807, 2.05) is 0 Å². The molecule has 0 amide bonds. The molecule has 14 aromatic rings. The lowest BCUT2D eigenvalue weighted by Gasteiger charge is -2.42. The Morgan fingerprint density at radius 1 is 0.227 bits per heavy atom.